The van der Waals surface area contributed by atoms with Gasteiger partial charge in [0.1, 0.15) is 5.82 Å². The van der Waals surface area contributed by atoms with E-state index in [-0.39, 0.29) is 0 Å². The van der Waals surface area contributed by atoms with E-state index in [2.05, 4.69) is 38.9 Å². The molecule has 3 aromatic heterocycles. The van der Waals surface area contributed by atoms with Crippen molar-refractivity contribution in [2.24, 2.45) is 14.1 Å². The molecule has 0 saturated carbocycles. The van der Waals surface area contributed by atoms with E-state index < -0.39 is 0 Å². The molecule has 174 valence electrons. The second kappa shape index (κ2) is 12.4. The molecule has 33 heavy (non-hydrogen) atoms. The fourth-order valence-corrected chi connectivity index (χ4v) is 3.30. The number of nitrogens with one attached hydrogen (secondary N) is 2. The lowest BCUT2D eigenvalue weighted by molar-refractivity contribution is 0.603. The number of nitrogens with zero attached hydrogens (tertiary/aromatic N) is 5. The average molecular weight is 447 g/mol. The Balaban J connectivity index is 0.000000442. The Morgan fingerprint density at radius 2 is 1.55 bits per heavy atom. The minimum Gasteiger partial charge on any atom is -0.382 e. The summed E-state index contributed by atoms with van der Waals surface area (Å²) >= 11 is 0. The standard InChI is InChI=1S/C19H28N8.C6H6/c1-14(16-10-24-26(2)12-16)8-21-5-4-6-22-18-7-15(9-23-19(18)20)17-11-25-27(3)13-17;1-2-4-6-5-3-1/h7,9-14,21-22H,4-6,8H2,1-3H3,(H2,20,23);1-6H. The second-order valence-electron chi connectivity index (χ2n) is 8.05. The highest BCUT2D eigenvalue weighted by atomic mass is 15.2. The summed E-state index contributed by atoms with van der Waals surface area (Å²) in [5.74, 6) is 0.962. The predicted octanol–water partition coefficient (Wildman–Crippen LogP) is 3.68. The van der Waals surface area contributed by atoms with Crippen molar-refractivity contribution in [2.75, 3.05) is 30.7 Å². The van der Waals surface area contributed by atoms with Crippen molar-refractivity contribution >= 4 is 11.5 Å². The van der Waals surface area contributed by atoms with Crippen molar-refractivity contribution in [1.82, 2.24) is 29.9 Å². The Bertz CT molecular complexity index is 1060. The van der Waals surface area contributed by atoms with E-state index in [1.165, 1.54) is 5.56 Å². The number of aryl methyl sites for hydroxylation is 2. The number of nitrogens with two attached hydrogens (primary N) is 1. The molecule has 0 aliphatic rings. The molecule has 0 amide bonds. The van der Waals surface area contributed by atoms with Crippen molar-refractivity contribution in [3.05, 3.63) is 79.0 Å². The summed E-state index contributed by atoms with van der Waals surface area (Å²) in [6, 6.07) is 14.0. The van der Waals surface area contributed by atoms with Gasteiger partial charge in [0.15, 0.2) is 0 Å². The van der Waals surface area contributed by atoms with Crippen LogP contribution in [0.3, 0.4) is 0 Å². The first-order valence-electron chi connectivity index (χ1n) is 11.2. The third kappa shape index (κ3) is 7.76. The van der Waals surface area contributed by atoms with Gasteiger partial charge >= 0.3 is 0 Å². The number of hydrogen-bond acceptors (Lipinski definition) is 6. The first kappa shape index (κ1) is 24.0. The van der Waals surface area contributed by atoms with Crippen LogP contribution in [0, 0.1) is 0 Å². The molecule has 0 radical (unpaired) electrons. The van der Waals surface area contributed by atoms with Gasteiger partial charge in [-0.1, -0.05) is 43.3 Å². The second-order valence-corrected chi connectivity index (χ2v) is 8.05. The Hall–Kier alpha value is -3.65. The molecule has 4 aromatic rings. The number of nitrogen functional groups attached to an aromatic ring is 1. The van der Waals surface area contributed by atoms with E-state index in [1.807, 2.05) is 79.8 Å². The molecular formula is C25H34N8. The Morgan fingerprint density at radius 3 is 2.15 bits per heavy atom. The molecule has 4 rings (SSSR count). The molecule has 1 aromatic carbocycles. The minimum absolute atomic E-state index is 0.447. The van der Waals surface area contributed by atoms with Crippen molar-refractivity contribution in [3.63, 3.8) is 0 Å². The fourth-order valence-electron chi connectivity index (χ4n) is 3.30. The quantitative estimate of drug-likeness (QED) is 0.339. The highest BCUT2D eigenvalue weighted by Crippen LogP contribution is 2.24. The van der Waals surface area contributed by atoms with E-state index in [9.17, 15) is 0 Å². The predicted molar refractivity (Wildman–Crippen MR) is 135 cm³/mol. The molecule has 0 spiro atoms. The summed E-state index contributed by atoms with van der Waals surface area (Å²) in [4.78, 5) is 4.29. The molecular weight excluding hydrogens is 412 g/mol. The van der Waals surface area contributed by atoms with Crippen LogP contribution in [-0.2, 0) is 14.1 Å². The number of hydrogen-bond donors (Lipinski definition) is 3. The fraction of sp³-hybridized carbons (Fsp3) is 0.320. The van der Waals surface area contributed by atoms with Crippen LogP contribution in [0.2, 0.25) is 0 Å². The van der Waals surface area contributed by atoms with E-state index in [1.54, 1.807) is 10.9 Å². The van der Waals surface area contributed by atoms with Gasteiger partial charge < -0.3 is 16.4 Å². The lowest BCUT2D eigenvalue weighted by Gasteiger charge is -2.12. The molecule has 0 bridgehead atoms. The van der Waals surface area contributed by atoms with Crippen LogP contribution in [0.25, 0.3) is 11.1 Å². The Kier molecular flexibility index (Phi) is 9.02. The zero-order valence-electron chi connectivity index (χ0n) is 19.6. The van der Waals surface area contributed by atoms with Gasteiger partial charge in [0.25, 0.3) is 0 Å². The maximum Gasteiger partial charge on any atom is 0.146 e. The van der Waals surface area contributed by atoms with Crippen LogP contribution in [0.5, 0.6) is 0 Å². The molecule has 8 heteroatoms. The summed E-state index contributed by atoms with van der Waals surface area (Å²) in [6.45, 7) is 4.91. The summed E-state index contributed by atoms with van der Waals surface area (Å²) in [5, 5.41) is 15.3. The minimum atomic E-state index is 0.447. The van der Waals surface area contributed by atoms with E-state index >= 15 is 0 Å². The molecule has 0 saturated heterocycles. The molecule has 3 heterocycles. The lowest BCUT2D eigenvalue weighted by Crippen LogP contribution is -2.23. The topological polar surface area (TPSA) is 98.6 Å². The highest BCUT2D eigenvalue weighted by Gasteiger charge is 2.08. The van der Waals surface area contributed by atoms with E-state index in [4.69, 9.17) is 5.73 Å². The van der Waals surface area contributed by atoms with Gasteiger partial charge in [0.2, 0.25) is 0 Å². The van der Waals surface area contributed by atoms with Crippen LogP contribution >= 0.6 is 0 Å². The smallest absolute Gasteiger partial charge is 0.146 e. The van der Waals surface area contributed by atoms with Crippen LogP contribution in [0.4, 0.5) is 11.5 Å². The monoisotopic (exact) mass is 446 g/mol. The van der Waals surface area contributed by atoms with Gasteiger partial charge in [-0.3, -0.25) is 9.36 Å². The van der Waals surface area contributed by atoms with Gasteiger partial charge in [-0.15, -0.1) is 0 Å². The third-order valence-corrected chi connectivity index (χ3v) is 5.21. The first-order valence-corrected chi connectivity index (χ1v) is 11.2. The molecule has 4 N–H and O–H groups in total. The summed E-state index contributed by atoms with van der Waals surface area (Å²) in [7, 11) is 3.84. The Labute approximate surface area is 195 Å². The molecule has 0 aliphatic heterocycles. The van der Waals surface area contributed by atoms with Gasteiger partial charge in [0.05, 0.1) is 18.1 Å². The number of pyridine rings is 1. The van der Waals surface area contributed by atoms with E-state index in [0.717, 1.165) is 42.9 Å². The molecule has 0 fully saturated rings. The van der Waals surface area contributed by atoms with Gasteiger partial charge in [-0.25, -0.2) is 4.98 Å². The zero-order chi connectivity index (χ0) is 23.5. The van der Waals surface area contributed by atoms with Crippen LogP contribution < -0.4 is 16.4 Å². The molecule has 1 atom stereocenters. The van der Waals surface area contributed by atoms with Crippen LogP contribution in [0.1, 0.15) is 24.8 Å². The molecule has 1 unspecified atom stereocenters. The van der Waals surface area contributed by atoms with Crippen LogP contribution in [0.15, 0.2) is 73.4 Å². The van der Waals surface area contributed by atoms with Gasteiger partial charge in [-0.05, 0) is 30.5 Å². The maximum absolute atomic E-state index is 6.00. The summed E-state index contributed by atoms with van der Waals surface area (Å²) in [6.07, 6.45) is 10.6. The Morgan fingerprint density at radius 1 is 0.879 bits per heavy atom. The lowest BCUT2D eigenvalue weighted by atomic mass is 10.1. The van der Waals surface area contributed by atoms with Gasteiger partial charge in [-0.2, -0.15) is 10.2 Å². The number of anilines is 2. The SMILES string of the molecule is CC(CNCCCNc1cc(-c2cnn(C)c2)cnc1N)c1cnn(C)c1.c1ccccc1. The first-order chi connectivity index (χ1) is 16.0. The summed E-state index contributed by atoms with van der Waals surface area (Å²) in [5.41, 5.74) is 10.2. The normalized spacial score (nSPS) is 11.5. The van der Waals surface area contributed by atoms with Crippen LogP contribution in [-0.4, -0.2) is 44.2 Å². The number of rotatable bonds is 9. The third-order valence-electron chi connectivity index (χ3n) is 5.21. The van der Waals surface area contributed by atoms with Crippen molar-refractivity contribution < 1.29 is 0 Å². The zero-order valence-corrected chi connectivity index (χ0v) is 19.6. The van der Waals surface area contributed by atoms with Crippen molar-refractivity contribution in [2.45, 2.75) is 19.3 Å². The largest absolute Gasteiger partial charge is 0.382 e. The summed E-state index contributed by atoms with van der Waals surface area (Å²) < 4.78 is 3.62. The van der Waals surface area contributed by atoms with Crippen molar-refractivity contribution in [1.29, 1.82) is 0 Å². The number of aromatic nitrogens is 5. The van der Waals surface area contributed by atoms with Crippen molar-refractivity contribution in [3.8, 4) is 11.1 Å². The number of benzene rings is 1. The van der Waals surface area contributed by atoms with E-state index in [0.29, 0.717) is 11.7 Å². The highest BCUT2D eigenvalue weighted by molar-refractivity contribution is 5.72. The average Bonchev–Trinajstić information content (AvgIpc) is 3.47. The molecule has 8 nitrogen and oxygen atoms in total. The maximum atomic E-state index is 6.00. The molecule has 0 aliphatic carbocycles. The van der Waals surface area contributed by atoms with Gasteiger partial charge in [0, 0.05) is 56.9 Å².